The molecule has 2 heterocycles. The number of amides is 2. The van der Waals surface area contributed by atoms with Crippen LogP contribution in [0.4, 0.5) is 5.82 Å². The zero-order chi connectivity index (χ0) is 16.8. The highest BCUT2D eigenvalue weighted by molar-refractivity contribution is 5.94. The van der Waals surface area contributed by atoms with Crippen molar-refractivity contribution in [1.82, 2.24) is 15.6 Å². The Morgan fingerprint density at radius 1 is 1.22 bits per heavy atom. The number of carbonyl (C=O) groups is 2. The minimum atomic E-state index is -0.196. The van der Waals surface area contributed by atoms with Gasteiger partial charge in [-0.05, 0) is 26.0 Å². The van der Waals surface area contributed by atoms with Crippen molar-refractivity contribution in [2.24, 2.45) is 0 Å². The summed E-state index contributed by atoms with van der Waals surface area (Å²) in [6.45, 7) is 7.91. The largest absolute Gasteiger partial charge is 0.372 e. The van der Waals surface area contributed by atoms with Crippen molar-refractivity contribution >= 4 is 17.6 Å². The number of nitrogens with zero attached hydrogens (tertiary/aromatic N) is 2. The Labute approximate surface area is 136 Å². The third kappa shape index (κ3) is 5.21. The molecule has 1 saturated heterocycles. The normalized spacial score (nSPS) is 20.9. The number of nitrogens with one attached hydrogen (secondary N) is 2. The quantitative estimate of drug-likeness (QED) is 0.775. The van der Waals surface area contributed by atoms with Crippen molar-refractivity contribution in [2.75, 3.05) is 31.1 Å². The topological polar surface area (TPSA) is 83.6 Å². The first-order chi connectivity index (χ1) is 11.0. The first-order valence-electron chi connectivity index (χ1n) is 7.85. The summed E-state index contributed by atoms with van der Waals surface area (Å²) < 4.78 is 5.71. The predicted molar refractivity (Wildman–Crippen MR) is 87.5 cm³/mol. The Morgan fingerprint density at radius 3 is 2.43 bits per heavy atom. The average molecular weight is 320 g/mol. The molecule has 23 heavy (non-hydrogen) atoms. The van der Waals surface area contributed by atoms with Gasteiger partial charge in [0.15, 0.2) is 0 Å². The molecule has 0 aliphatic carbocycles. The monoisotopic (exact) mass is 320 g/mol. The molecule has 2 rings (SSSR count). The third-order valence-corrected chi connectivity index (χ3v) is 3.54. The summed E-state index contributed by atoms with van der Waals surface area (Å²) in [5.41, 5.74) is 0.505. The molecule has 0 saturated carbocycles. The van der Waals surface area contributed by atoms with Gasteiger partial charge in [0.05, 0.1) is 17.8 Å². The van der Waals surface area contributed by atoms with Crippen LogP contribution in [-0.4, -0.2) is 55.2 Å². The van der Waals surface area contributed by atoms with Gasteiger partial charge in [0, 0.05) is 39.3 Å². The fourth-order valence-electron chi connectivity index (χ4n) is 2.59. The average Bonchev–Trinajstić information content (AvgIpc) is 2.50. The highest BCUT2D eigenvalue weighted by atomic mass is 16.5. The van der Waals surface area contributed by atoms with E-state index in [1.54, 1.807) is 12.3 Å². The summed E-state index contributed by atoms with van der Waals surface area (Å²) in [7, 11) is 0. The van der Waals surface area contributed by atoms with E-state index in [0.29, 0.717) is 18.7 Å². The molecule has 0 spiro atoms. The number of morpholine rings is 1. The van der Waals surface area contributed by atoms with Crippen LogP contribution >= 0.6 is 0 Å². The van der Waals surface area contributed by atoms with Crippen LogP contribution in [0.25, 0.3) is 0 Å². The molecule has 0 bridgehead atoms. The predicted octanol–water partition coefficient (Wildman–Crippen LogP) is 0.561. The van der Waals surface area contributed by atoms with Crippen LogP contribution in [0.15, 0.2) is 18.3 Å². The maximum absolute atomic E-state index is 12.0. The molecule has 0 radical (unpaired) electrons. The maximum Gasteiger partial charge on any atom is 0.252 e. The smallest absolute Gasteiger partial charge is 0.252 e. The lowest BCUT2D eigenvalue weighted by molar-refractivity contribution is -0.118. The number of aromatic nitrogens is 1. The molecule has 1 aliphatic heterocycles. The van der Waals surface area contributed by atoms with E-state index in [2.05, 4.69) is 20.5 Å². The SMILES string of the molecule is CC(=O)NCCNC(=O)c1ccc(N2C[C@@H](C)O[C@H](C)C2)nc1. The molecular weight excluding hydrogens is 296 g/mol. The van der Waals surface area contributed by atoms with Gasteiger partial charge in [-0.3, -0.25) is 9.59 Å². The number of hydrogen-bond acceptors (Lipinski definition) is 5. The summed E-state index contributed by atoms with van der Waals surface area (Å²) in [5.74, 6) is 0.541. The van der Waals surface area contributed by atoms with Gasteiger partial charge in [-0.1, -0.05) is 0 Å². The molecule has 0 unspecified atom stereocenters. The van der Waals surface area contributed by atoms with Crippen molar-refractivity contribution in [3.8, 4) is 0 Å². The highest BCUT2D eigenvalue weighted by Crippen LogP contribution is 2.18. The molecular formula is C16H24N4O3. The van der Waals surface area contributed by atoms with Gasteiger partial charge in [0.25, 0.3) is 5.91 Å². The lowest BCUT2D eigenvalue weighted by Gasteiger charge is -2.36. The second-order valence-corrected chi connectivity index (χ2v) is 5.81. The van der Waals surface area contributed by atoms with Crippen molar-refractivity contribution < 1.29 is 14.3 Å². The summed E-state index contributed by atoms with van der Waals surface area (Å²) in [6, 6.07) is 3.62. The van der Waals surface area contributed by atoms with Crippen LogP contribution in [0, 0.1) is 0 Å². The second kappa shape index (κ2) is 7.92. The van der Waals surface area contributed by atoms with Gasteiger partial charge in [-0.25, -0.2) is 4.98 Å². The van der Waals surface area contributed by atoms with Gasteiger partial charge >= 0.3 is 0 Å². The van der Waals surface area contributed by atoms with E-state index in [1.165, 1.54) is 6.92 Å². The van der Waals surface area contributed by atoms with E-state index in [0.717, 1.165) is 18.9 Å². The van der Waals surface area contributed by atoms with Gasteiger partial charge in [-0.2, -0.15) is 0 Å². The van der Waals surface area contributed by atoms with E-state index in [9.17, 15) is 9.59 Å². The van der Waals surface area contributed by atoms with Crippen LogP contribution in [-0.2, 0) is 9.53 Å². The van der Waals surface area contributed by atoms with Crippen LogP contribution in [0.1, 0.15) is 31.1 Å². The molecule has 0 aromatic carbocycles. The lowest BCUT2D eigenvalue weighted by atomic mass is 10.2. The van der Waals surface area contributed by atoms with E-state index >= 15 is 0 Å². The molecule has 1 fully saturated rings. The summed E-state index contributed by atoms with van der Waals surface area (Å²) >= 11 is 0. The van der Waals surface area contributed by atoms with Crippen molar-refractivity contribution in [3.05, 3.63) is 23.9 Å². The molecule has 2 atom stereocenters. The Morgan fingerprint density at radius 2 is 1.87 bits per heavy atom. The van der Waals surface area contributed by atoms with Gasteiger partial charge in [0.2, 0.25) is 5.91 Å². The highest BCUT2D eigenvalue weighted by Gasteiger charge is 2.23. The fourth-order valence-corrected chi connectivity index (χ4v) is 2.59. The summed E-state index contributed by atoms with van der Waals surface area (Å²) in [6.07, 6.45) is 1.91. The minimum absolute atomic E-state index is 0.112. The van der Waals surface area contributed by atoms with E-state index in [4.69, 9.17) is 4.74 Å². The Balaban J connectivity index is 1.88. The summed E-state index contributed by atoms with van der Waals surface area (Å²) in [4.78, 5) is 29.3. The first kappa shape index (κ1) is 17.2. The number of ether oxygens (including phenoxy) is 1. The molecule has 1 aliphatic rings. The Kier molecular flexibility index (Phi) is 5.92. The maximum atomic E-state index is 12.0. The second-order valence-electron chi connectivity index (χ2n) is 5.81. The molecule has 1 aromatic heterocycles. The standard InChI is InChI=1S/C16H24N4O3/c1-11-9-20(10-12(2)23-11)15-5-4-14(8-19-15)16(22)18-7-6-17-13(3)21/h4-5,8,11-12H,6-7,9-10H2,1-3H3,(H,17,21)(H,18,22)/t11-,12-/m1/s1. The molecule has 126 valence electrons. The van der Waals surface area contributed by atoms with Crippen molar-refractivity contribution in [3.63, 3.8) is 0 Å². The Hall–Kier alpha value is -2.15. The number of rotatable bonds is 5. The van der Waals surface area contributed by atoms with E-state index < -0.39 is 0 Å². The lowest BCUT2D eigenvalue weighted by Crippen LogP contribution is -2.45. The van der Waals surface area contributed by atoms with Gasteiger partial charge in [-0.15, -0.1) is 0 Å². The number of anilines is 1. The van der Waals surface area contributed by atoms with Crippen molar-refractivity contribution in [2.45, 2.75) is 33.0 Å². The van der Waals surface area contributed by atoms with Gasteiger partial charge < -0.3 is 20.3 Å². The zero-order valence-corrected chi connectivity index (χ0v) is 13.8. The molecule has 1 aromatic rings. The number of pyridine rings is 1. The van der Waals surface area contributed by atoms with Crippen LogP contribution in [0.3, 0.4) is 0 Å². The molecule has 2 amide bonds. The number of carbonyl (C=O) groups excluding carboxylic acids is 2. The minimum Gasteiger partial charge on any atom is -0.372 e. The summed E-state index contributed by atoms with van der Waals surface area (Å²) in [5, 5.41) is 5.37. The number of hydrogen-bond donors (Lipinski definition) is 2. The van der Waals surface area contributed by atoms with Crippen molar-refractivity contribution in [1.29, 1.82) is 0 Å². The Bertz CT molecular complexity index is 537. The van der Waals surface area contributed by atoms with Crippen LogP contribution in [0.5, 0.6) is 0 Å². The molecule has 7 nitrogen and oxygen atoms in total. The molecule has 2 N–H and O–H groups in total. The van der Waals surface area contributed by atoms with E-state index in [1.807, 2.05) is 19.9 Å². The first-order valence-corrected chi connectivity index (χ1v) is 7.85. The van der Waals surface area contributed by atoms with Gasteiger partial charge in [0.1, 0.15) is 5.82 Å². The fraction of sp³-hybridized carbons (Fsp3) is 0.562. The zero-order valence-electron chi connectivity index (χ0n) is 13.8. The molecule has 7 heteroatoms. The third-order valence-electron chi connectivity index (χ3n) is 3.54. The van der Waals surface area contributed by atoms with E-state index in [-0.39, 0.29) is 24.0 Å². The van der Waals surface area contributed by atoms with Crippen LogP contribution in [0.2, 0.25) is 0 Å². The van der Waals surface area contributed by atoms with Crippen LogP contribution < -0.4 is 15.5 Å².